The molecule has 0 bridgehead atoms. The third kappa shape index (κ3) is 7.41. The standard InChI is InChI=1S/C32H33IN2O9S/c1-7-12-43-29-21(33)13-19(14-24(29)39-5)15-25-30(37)35-28(27(31(38)42-9-3)18(4)34-32(35)45-25)20-10-11-22(23(16-20)41-8-2)44-17-26(36)40-6/h7,10-11,13-16,28H,1,8-9,12,17H2,2-6H3/b25-15+/t28-/m1/s1. The van der Waals surface area contributed by atoms with Crippen LogP contribution in [0.5, 0.6) is 23.0 Å². The highest BCUT2D eigenvalue weighted by atomic mass is 127. The highest BCUT2D eigenvalue weighted by molar-refractivity contribution is 14.1. The van der Waals surface area contributed by atoms with Crippen molar-refractivity contribution in [3.05, 3.63) is 88.6 Å². The lowest BCUT2D eigenvalue weighted by Crippen LogP contribution is -2.40. The van der Waals surface area contributed by atoms with Gasteiger partial charge in [0.1, 0.15) is 6.61 Å². The molecule has 0 saturated carbocycles. The molecule has 0 N–H and O–H groups in total. The summed E-state index contributed by atoms with van der Waals surface area (Å²) < 4.78 is 35.5. The zero-order valence-electron chi connectivity index (χ0n) is 25.5. The van der Waals surface area contributed by atoms with E-state index in [1.165, 1.54) is 23.0 Å². The summed E-state index contributed by atoms with van der Waals surface area (Å²) in [6, 6.07) is 7.82. The third-order valence-corrected chi connectivity index (χ3v) is 8.35. The molecule has 2 aromatic carbocycles. The molecule has 45 heavy (non-hydrogen) atoms. The summed E-state index contributed by atoms with van der Waals surface area (Å²) in [7, 11) is 2.82. The summed E-state index contributed by atoms with van der Waals surface area (Å²) >= 11 is 3.36. The Hall–Kier alpha value is -4.11. The van der Waals surface area contributed by atoms with Crippen molar-refractivity contribution in [3.63, 3.8) is 0 Å². The molecule has 0 aliphatic carbocycles. The van der Waals surface area contributed by atoms with E-state index in [9.17, 15) is 14.4 Å². The van der Waals surface area contributed by atoms with Gasteiger partial charge in [0.05, 0.1) is 52.8 Å². The number of carbonyl (C=O) groups excluding carboxylic acids is 2. The molecule has 0 fully saturated rings. The van der Waals surface area contributed by atoms with E-state index in [0.29, 0.717) is 56.8 Å². The summed E-state index contributed by atoms with van der Waals surface area (Å²) in [6.45, 7) is 9.37. The van der Waals surface area contributed by atoms with Crippen LogP contribution in [0.1, 0.15) is 37.9 Å². The Labute approximate surface area is 277 Å². The molecule has 238 valence electrons. The van der Waals surface area contributed by atoms with Gasteiger partial charge in [-0.25, -0.2) is 14.6 Å². The number of nitrogens with zero attached hydrogens (tertiary/aromatic N) is 2. The minimum Gasteiger partial charge on any atom is -0.493 e. The predicted octanol–water partition coefficient (Wildman–Crippen LogP) is 3.93. The van der Waals surface area contributed by atoms with Crippen molar-refractivity contribution < 1.29 is 38.0 Å². The van der Waals surface area contributed by atoms with Crippen LogP contribution in [0.3, 0.4) is 0 Å². The molecule has 1 aliphatic heterocycles. The number of rotatable bonds is 13. The molecule has 13 heteroatoms. The van der Waals surface area contributed by atoms with Gasteiger partial charge in [-0.05, 0) is 84.8 Å². The number of esters is 2. The van der Waals surface area contributed by atoms with E-state index in [-0.39, 0.29) is 24.3 Å². The second-order valence-electron chi connectivity index (χ2n) is 9.44. The summed E-state index contributed by atoms with van der Waals surface area (Å²) in [5.74, 6) is 0.592. The first kappa shape index (κ1) is 33.8. The van der Waals surface area contributed by atoms with Crippen LogP contribution in [0.15, 0.2) is 64.0 Å². The van der Waals surface area contributed by atoms with Gasteiger partial charge in [0.25, 0.3) is 5.56 Å². The number of thiazole rings is 1. The lowest BCUT2D eigenvalue weighted by molar-refractivity contribution is -0.143. The largest absolute Gasteiger partial charge is 0.493 e. The van der Waals surface area contributed by atoms with Crippen LogP contribution in [0.2, 0.25) is 0 Å². The maximum absolute atomic E-state index is 14.1. The summed E-state index contributed by atoms with van der Waals surface area (Å²) in [6.07, 6.45) is 3.40. The zero-order valence-corrected chi connectivity index (χ0v) is 28.5. The summed E-state index contributed by atoms with van der Waals surface area (Å²) in [4.78, 5) is 44.2. The number of fused-ring (bicyclic) bond motifs is 1. The highest BCUT2D eigenvalue weighted by Gasteiger charge is 2.34. The van der Waals surface area contributed by atoms with Crippen LogP contribution >= 0.6 is 33.9 Å². The number of allylic oxidation sites excluding steroid dienone is 1. The van der Waals surface area contributed by atoms with Crippen molar-refractivity contribution in [1.82, 2.24) is 4.57 Å². The molecule has 0 amide bonds. The number of methoxy groups -OCH3 is 2. The number of hydrogen-bond donors (Lipinski definition) is 0. The van der Waals surface area contributed by atoms with Crippen LogP contribution in [-0.2, 0) is 19.1 Å². The average Bonchev–Trinajstić information content (AvgIpc) is 3.32. The molecule has 0 saturated heterocycles. The first-order valence-corrected chi connectivity index (χ1v) is 15.8. The van der Waals surface area contributed by atoms with Gasteiger partial charge in [0.2, 0.25) is 0 Å². The van der Waals surface area contributed by atoms with E-state index >= 15 is 0 Å². The second-order valence-corrected chi connectivity index (χ2v) is 11.6. The number of benzene rings is 2. The summed E-state index contributed by atoms with van der Waals surface area (Å²) in [5.41, 5.74) is 1.59. The van der Waals surface area contributed by atoms with Gasteiger partial charge in [-0.1, -0.05) is 30.1 Å². The minimum atomic E-state index is -0.874. The number of carbonyl (C=O) groups is 2. The minimum absolute atomic E-state index is 0.143. The Morgan fingerprint density at radius 3 is 2.51 bits per heavy atom. The quantitative estimate of drug-likeness (QED) is 0.145. The van der Waals surface area contributed by atoms with Crippen LogP contribution in [-0.4, -0.2) is 57.2 Å². The van der Waals surface area contributed by atoms with Gasteiger partial charge < -0.3 is 28.4 Å². The highest BCUT2D eigenvalue weighted by Crippen LogP contribution is 2.37. The van der Waals surface area contributed by atoms with Crippen molar-refractivity contribution in [2.24, 2.45) is 4.99 Å². The van der Waals surface area contributed by atoms with E-state index in [4.69, 9.17) is 23.7 Å². The SMILES string of the molecule is C=CCOc1c(I)cc(/C=c2/sc3n(c2=O)[C@H](c2ccc(OCC(=O)OC)c(OCC)c2)C(C(=O)OCC)=C(C)N=3)cc1OC. The molecular weight excluding hydrogens is 715 g/mol. The fourth-order valence-electron chi connectivity index (χ4n) is 4.64. The Balaban J connectivity index is 1.89. The van der Waals surface area contributed by atoms with Crippen LogP contribution < -0.4 is 33.8 Å². The lowest BCUT2D eigenvalue weighted by Gasteiger charge is -2.25. The normalized spacial score (nSPS) is 14.3. The maximum atomic E-state index is 14.1. The first-order chi connectivity index (χ1) is 21.7. The van der Waals surface area contributed by atoms with Gasteiger partial charge in [-0.3, -0.25) is 9.36 Å². The van der Waals surface area contributed by atoms with Crippen molar-refractivity contribution in [3.8, 4) is 23.0 Å². The predicted molar refractivity (Wildman–Crippen MR) is 177 cm³/mol. The fraction of sp³-hybridized carbons (Fsp3) is 0.312. The average molecular weight is 749 g/mol. The maximum Gasteiger partial charge on any atom is 0.343 e. The van der Waals surface area contributed by atoms with Crippen molar-refractivity contribution in [2.75, 3.05) is 40.6 Å². The number of aromatic nitrogens is 1. The van der Waals surface area contributed by atoms with Crippen LogP contribution in [0.25, 0.3) is 6.08 Å². The molecule has 0 spiro atoms. The zero-order chi connectivity index (χ0) is 32.7. The van der Waals surface area contributed by atoms with E-state index in [1.54, 1.807) is 57.4 Å². The molecule has 11 nitrogen and oxygen atoms in total. The molecule has 0 unspecified atom stereocenters. The second kappa shape index (κ2) is 15.3. The van der Waals surface area contributed by atoms with Crippen molar-refractivity contribution in [2.45, 2.75) is 26.8 Å². The number of hydrogen-bond acceptors (Lipinski definition) is 11. The van der Waals surface area contributed by atoms with E-state index in [0.717, 1.165) is 9.13 Å². The molecular formula is C32H33IN2O9S. The number of halogens is 1. The molecule has 1 atom stereocenters. The van der Waals surface area contributed by atoms with E-state index in [1.807, 2.05) is 13.0 Å². The van der Waals surface area contributed by atoms with Gasteiger partial charge in [-0.2, -0.15) is 0 Å². The molecule has 4 rings (SSSR count). The van der Waals surface area contributed by atoms with Gasteiger partial charge in [0.15, 0.2) is 34.4 Å². The van der Waals surface area contributed by atoms with Gasteiger partial charge in [0, 0.05) is 0 Å². The van der Waals surface area contributed by atoms with Crippen molar-refractivity contribution in [1.29, 1.82) is 0 Å². The lowest BCUT2D eigenvalue weighted by atomic mass is 9.95. The van der Waals surface area contributed by atoms with Gasteiger partial charge >= 0.3 is 11.9 Å². The summed E-state index contributed by atoms with van der Waals surface area (Å²) in [5, 5.41) is 0. The molecule has 1 aromatic heterocycles. The molecule has 0 radical (unpaired) electrons. The number of ether oxygens (including phenoxy) is 6. The van der Waals surface area contributed by atoms with Crippen molar-refractivity contribution >= 4 is 51.9 Å². The Bertz CT molecular complexity index is 1830. The first-order valence-electron chi connectivity index (χ1n) is 13.9. The Morgan fingerprint density at radius 2 is 1.84 bits per heavy atom. The Kier molecular flexibility index (Phi) is 11.4. The van der Waals surface area contributed by atoms with E-state index in [2.05, 4.69) is 38.9 Å². The van der Waals surface area contributed by atoms with Gasteiger partial charge in [-0.15, -0.1) is 0 Å². The van der Waals surface area contributed by atoms with Crippen LogP contribution in [0.4, 0.5) is 0 Å². The monoisotopic (exact) mass is 748 g/mol. The van der Waals surface area contributed by atoms with E-state index < -0.39 is 18.0 Å². The Morgan fingerprint density at radius 1 is 1.07 bits per heavy atom. The molecule has 2 heterocycles. The smallest absolute Gasteiger partial charge is 0.343 e. The van der Waals surface area contributed by atoms with Crippen LogP contribution in [0, 0.1) is 3.57 Å². The third-order valence-electron chi connectivity index (χ3n) is 6.57. The molecule has 3 aromatic rings. The topological polar surface area (TPSA) is 124 Å². The fourth-order valence-corrected chi connectivity index (χ4v) is 6.47. The molecule has 1 aliphatic rings.